The van der Waals surface area contributed by atoms with Crippen molar-refractivity contribution in [3.05, 3.63) is 12.2 Å². The number of hydrogen-bond acceptors (Lipinski definition) is 7. The minimum atomic E-state index is -0.805. The van der Waals surface area contributed by atoms with Gasteiger partial charge in [0.05, 0.1) is 6.61 Å². The number of fused-ring (bicyclic) bond motifs is 1. The van der Waals surface area contributed by atoms with Crippen molar-refractivity contribution < 1.29 is 33.2 Å². The van der Waals surface area contributed by atoms with Crippen LogP contribution in [0.25, 0.3) is 0 Å². The van der Waals surface area contributed by atoms with Crippen molar-refractivity contribution in [3.8, 4) is 0 Å². The van der Waals surface area contributed by atoms with Crippen molar-refractivity contribution in [2.45, 2.75) is 87.7 Å². The average molecular weight is 352 g/mol. The number of esters is 1. The Kier molecular flexibility index (Phi) is 3.57. The summed E-state index contributed by atoms with van der Waals surface area (Å²) < 4.78 is 35.9. The molecule has 5 aliphatic rings. The second-order valence-electron chi connectivity index (χ2n) is 7.82. The fourth-order valence-electron chi connectivity index (χ4n) is 4.20. The fraction of sp³-hybridized carbons (Fsp3) is 0.833. The van der Waals surface area contributed by atoms with E-state index in [2.05, 4.69) is 6.58 Å². The maximum Gasteiger partial charge on any atom is 0.335 e. The Morgan fingerprint density at radius 2 is 1.68 bits per heavy atom. The molecule has 3 heterocycles. The van der Waals surface area contributed by atoms with Crippen LogP contribution < -0.4 is 0 Å². The van der Waals surface area contributed by atoms with Crippen molar-refractivity contribution in [3.63, 3.8) is 0 Å². The van der Waals surface area contributed by atoms with Gasteiger partial charge in [0.2, 0.25) is 6.29 Å². The summed E-state index contributed by atoms with van der Waals surface area (Å²) in [5.74, 6) is -1.47. The zero-order valence-electron chi connectivity index (χ0n) is 14.4. The van der Waals surface area contributed by atoms with Gasteiger partial charge in [0.1, 0.15) is 18.3 Å². The lowest BCUT2D eigenvalue weighted by molar-refractivity contribution is -0.280. The van der Waals surface area contributed by atoms with Gasteiger partial charge in [-0.05, 0) is 19.8 Å². The van der Waals surface area contributed by atoms with Crippen LogP contribution in [0.3, 0.4) is 0 Å². The molecular weight excluding hydrogens is 328 g/mol. The van der Waals surface area contributed by atoms with E-state index in [0.717, 1.165) is 38.5 Å². The molecule has 2 spiro atoms. The van der Waals surface area contributed by atoms with Crippen molar-refractivity contribution in [2.75, 3.05) is 6.61 Å². The summed E-state index contributed by atoms with van der Waals surface area (Å²) in [6.07, 6.45) is 3.59. The van der Waals surface area contributed by atoms with Crippen LogP contribution in [0.15, 0.2) is 12.2 Å². The molecule has 5 rings (SSSR count). The van der Waals surface area contributed by atoms with Crippen LogP contribution in [0.4, 0.5) is 0 Å². The van der Waals surface area contributed by atoms with Gasteiger partial charge >= 0.3 is 5.97 Å². The summed E-state index contributed by atoms with van der Waals surface area (Å²) in [6.45, 7) is 5.70. The maximum absolute atomic E-state index is 12.0. The van der Waals surface area contributed by atoms with Gasteiger partial charge < -0.3 is 28.4 Å². The topological polar surface area (TPSA) is 72.5 Å². The van der Waals surface area contributed by atoms with Gasteiger partial charge in [-0.25, -0.2) is 4.79 Å². The standard InChI is InChI=1S/C18H24O7/c1-10(2)15(19)22-16-14-13(24-18(25-14)7-4-8-18)12(21-16)11-9-20-17(23-11)5-3-6-17/h11-14,16H,1,3-9H2,2H3/t11?,12-,13+,14+,16?/m1/s1. The van der Waals surface area contributed by atoms with Crippen LogP contribution in [0.1, 0.15) is 45.4 Å². The van der Waals surface area contributed by atoms with Crippen molar-refractivity contribution in [1.82, 2.24) is 0 Å². The van der Waals surface area contributed by atoms with E-state index >= 15 is 0 Å². The van der Waals surface area contributed by atoms with Gasteiger partial charge in [-0.1, -0.05) is 6.58 Å². The first-order chi connectivity index (χ1) is 12.0. The Morgan fingerprint density at radius 1 is 1.00 bits per heavy atom. The number of carbonyl (C=O) groups excluding carboxylic acids is 1. The van der Waals surface area contributed by atoms with Gasteiger partial charge in [-0.2, -0.15) is 0 Å². The summed E-state index contributed by atoms with van der Waals surface area (Å²) in [5, 5.41) is 0. The molecule has 0 bridgehead atoms. The highest BCUT2D eigenvalue weighted by Gasteiger charge is 2.64. The zero-order chi connectivity index (χ0) is 17.2. The summed E-state index contributed by atoms with van der Waals surface area (Å²) in [6, 6.07) is 0. The third kappa shape index (κ3) is 2.48. The van der Waals surface area contributed by atoms with E-state index in [1.54, 1.807) is 6.92 Å². The highest BCUT2D eigenvalue weighted by atomic mass is 16.8. The van der Waals surface area contributed by atoms with E-state index < -0.39 is 29.9 Å². The monoisotopic (exact) mass is 352 g/mol. The van der Waals surface area contributed by atoms with Gasteiger partial charge in [-0.3, -0.25) is 0 Å². The van der Waals surface area contributed by atoms with Crippen LogP contribution in [-0.2, 0) is 33.2 Å². The molecule has 5 atom stereocenters. The lowest BCUT2D eigenvalue weighted by Gasteiger charge is -2.39. The van der Waals surface area contributed by atoms with Crippen LogP contribution in [-0.4, -0.2) is 54.9 Å². The number of carbonyl (C=O) groups is 1. The van der Waals surface area contributed by atoms with Crippen molar-refractivity contribution in [2.24, 2.45) is 0 Å². The fourth-order valence-corrected chi connectivity index (χ4v) is 4.20. The molecule has 2 saturated carbocycles. The summed E-state index contributed by atoms with van der Waals surface area (Å²) >= 11 is 0. The maximum atomic E-state index is 12.0. The second kappa shape index (κ2) is 5.50. The van der Waals surface area contributed by atoms with Crippen LogP contribution in [0.5, 0.6) is 0 Å². The Labute approximate surface area is 146 Å². The molecule has 2 aliphatic carbocycles. The molecule has 0 aromatic carbocycles. The van der Waals surface area contributed by atoms with E-state index in [-0.39, 0.29) is 18.3 Å². The molecule has 25 heavy (non-hydrogen) atoms. The summed E-state index contributed by atoms with van der Waals surface area (Å²) in [7, 11) is 0. The molecule has 0 amide bonds. The average Bonchev–Trinajstić information content (AvgIpc) is 3.17. The molecule has 0 radical (unpaired) electrons. The predicted octanol–water partition coefficient (Wildman–Crippen LogP) is 1.79. The molecule has 3 aliphatic heterocycles. The van der Waals surface area contributed by atoms with E-state index in [4.69, 9.17) is 28.4 Å². The normalized spacial score (nSPS) is 42.8. The van der Waals surface area contributed by atoms with Gasteiger partial charge in [-0.15, -0.1) is 0 Å². The minimum absolute atomic E-state index is 0.236. The Morgan fingerprint density at radius 3 is 2.24 bits per heavy atom. The lowest BCUT2D eigenvalue weighted by Crippen LogP contribution is -2.45. The smallest absolute Gasteiger partial charge is 0.335 e. The Balaban J connectivity index is 1.34. The van der Waals surface area contributed by atoms with E-state index in [0.29, 0.717) is 12.2 Å². The molecule has 0 N–H and O–H groups in total. The van der Waals surface area contributed by atoms with Gasteiger partial charge in [0.15, 0.2) is 17.7 Å². The lowest BCUT2D eigenvalue weighted by atomic mass is 9.91. The number of hydrogen-bond donors (Lipinski definition) is 0. The molecule has 0 aromatic heterocycles. The first-order valence-electron chi connectivity index (χ1n) is 9.19. The van der Waals surface area contributed by atoms with E-state index in [9.17, 15) is 4.79 Å². The highest BCUT2D eigenvalue weighted by Crippen LogP contribution is 2.51. The Bertz CT molecular complexity index is 594. The van der Waals surface area contributed by atoms with E-state index in [1.807, 2.05) is 0 Å². The molecule has 5 fully saturated rings. The first-order valence-corrected chi connectivity index (χ1v) is 9.19. The quantitative estimate of drug-likeness (QED) is 0.566. The molecular formula is C18H24O7. The van der Waals surface area contributed by atoms with Crippen molar-refractivity contribution >= 4 is 5.97 Å². The first kappa shape index (κ1) is 16.2. The summed E-state index contributed by atoms with van der Waals surface area (Å²) in [4.78, 5) is 12.0. The van der Waals surface area contributed by atoms with Gasteiger partial charge in [0, 0.05) is 31.3 Å². The Hall–Kier alpha value is -0.990. The molecule has 7 heteroatoms. The second-order valence-corrected chi connectivity index (χ2v) is 7.82. The van der Waals surface area contributed by atoms with E-state index in [1.165, 1.54) is 0 Å². The SMILES string of the molecule is C=C(C)C(=O)OC1O[C@H](C2COC3(CCC3)O2)[C@@H]2OC3(CCC3)O[C@H]12. The number of ether oxygens (including phenoxy) is 6. The highest BCUT2D eigenvalue weighted by molar-refractivity contribution is 5.87. The molecule has 3 saturated heterocycles. The van der Waals surface area contributed by atoms with Crippen LogP contribution >= 0.6 is 0 Å². The number of rotatable bonds is 3. The third-order valence-corrected chi connectivity index (χ3v) is 5.95. The molecule has 2 unspecified atom stereocenters. The largest absolute Gasteiger partial charge is 0.429 e. The van der Waals surface area contributed by atoms with Gasteiger partial charge in [0.25, 0.3) is 0 Å². The predicted molar refractivity (Wildman–Crippen MR) is 83.3 cm³/mol. The zero-order valence-corrected chi connectivity index (χ0v) is 14.4. The van der Waals surface area contributed by atoms with Crippen LogP contribution in [0, 0.1) is 0 Å². The minimum Gasteiger partial charge on any atom is -0.429 e. The van der Waals surface area contributed by atoms with Crippen LogP contribution in [0.2, 0.25) is 0 Å². The molecule has 138 valence electrons. The molecule has 7 nitrogen and oxygen atoms in total. The third-order valence-electron chi connectivity index (χ3n) is 5.95. The summed E-state index contributed by atoms with van der Waals surface area (Å²) in [5.41, 5.74) is 0.328. The molecule has 0 aromatic rings. The van der Waals surface area contributed by atoms with Crippen molar-refractivity contribution in [1.29, 1.82) is 0 Å².